The molecule has 0 amide bonds. The quantitative estimate of drug-likeness (QED) is 0.795. The van der Waals surface area contributed by atoms with Gasteiger partial charge < -0.3 is 14.6 Å². The number of benzene rings is 1. The van der Waals surface area contributed by atoms with Crippen molar-refractivity contribution in [2.45, 2.75) is 24.5 Å². The van der Waals surface area contributed by atoms with E-state index in [1.165, 1.54) is 6.07 Å². The molecule has 1 heterocycles. The lowest BCUT2D eigenvalue weighted by Gasteiger charge is -2.23. The van der Waals surface area contributed by atoms with Crippen LogP contribution in [0.25, 0.3) is 0 Å². The molecule has 1 unspecified atom stereocenters. The Morgan fingerprint density at radius 3 is 2.81 bits per heavy atom. The summed E-state index contributed by atoms with van der Waals surface area (Å²) in [6.07, 6.45) is -0.279. The zero-order valence-corrected chi connectivity index (χ0v) is 14.0. The number of ether oxygens (including phenoxy) is 2. The molecule has 0 aliphatic carbocycles. The Labute approximate surface area is 132 Å². The second-order valence-corrected chi connectivity index (χ2v) is 7.37. The Morgan fingerprint density at radius 2 is 2.19 bits per heavy atom. The second kappa shape index (κ2) is 7.17. The van der Waals surface area contributed by atoms with E-state index in [0.29, 0.717) is 35.4 Å². The Hall–Kier alpha value is -0.510. The standard InChI is InChI=1S/C13H18BrNO5S/c1-9-12(14)4-10(7-16)5-13(9)21(17,18)15-6-11-8-19-2-3-20-11/h4-5,11,15-16H,2-3,6-8H2,1H3. The average molecular weight is 380 g/mol. The van der Waals surface area contributed by atoms with Crippen molar-refractivity contribution in [3.05, 3.63) is 27.7 Å². The summed E-state index contributed by atoms with van der Waals surface area (Å²) in [5, 5.41) is 9.20. The molecule has 6 nitrogen and oxygen atoms in total. The maximum absolute atomic E-state index is 12.4. The van der Waals surface area contributed by atoms with E-state index in [-0.39, 0.29) is 24.2 Å². The van der Waals surface area contributed by atoms with E-state index in [9.17, 15) is 13.5 Å². The summed E-state index contributed by atoms with van der Waals surface area (Å²) >= 11 is 3.31. The Kier molecular flexibility index (Phi) is 5.75. The van der Waals surface area contributed by atoms with Gasteiger partial charge in [0.2, 0.25) is 10.0 Å². The lowest BCUT2D eigenvalue weighted by Crippen LogP contribution is -2.39. The molecule has 1 saturated heterocycles. The van der Waals surface area contributed by atoms with E-state index in [4.69, 9.17) is 9.47 Å². The third-order valence-corrected chi connectivity index (χ3v) is 5.59. The van der Waals surface area contributed by atoms with Crippen molar-refractivity contribution in [3.8, 4) is 0 Å². The minimum atomic E-state index is -3.67. The third kappa shape index (κ3) is 4.24. The molecule has 1 aromatic rings. The summed E-state index contributed by atoms with van der Waals surface area (Å²) in [6, 6.07) is 3.17. The number of aliphatic hydroxyl groups is 1. The molecule has 0 spiro atoms. The van der Waals surface area contributed by atoms with E-state index < -0.39 is 10.0 Å². The zero-order chi connectivity index (χ0) is 15.5. The van der Waals surface area contributed by atoms with Gasteiger partial charge in [-0.25, -0.2) is 13.1 Å². The first kappa shape index (κ1) is 16.9. The molecular weight excluding hydrogens is 362 g/mol. The van der Waals surface area contributed by atoms with Crippen molar-refractivity contribution in [2.75, 3.05) is 26.4 Å². The second-order valence-electron chi connectivity index (χ2n) is 4.78. The van der Waals surface area contributed by atoms with E-state index in [1.54, 1.807) is 13.0 Å². The summed E-state index contributed by atoms with van der Waals surface area (Å²) in [5.41, 5.74) is 1.13. The Balaban J connectivity index is 2.16. The van der Waals surface area contributed by atoms with Gasteiger partial charge in [0, 0.05) is 11.0 Å². The molecule has 0 saturated carbocycles. The van der Waals surface area contributed by atoms with Gasteiger partial charge in [0.25, 0.3) is 0 Å². The molecule has 0 aromatic heterocycles. The fourth-order valence-electron chi connectivity index (χ4n) is 2.01. The Bertz CT molecular complexity index is 599. The maximum atomic E-state index is 12.4. The first-order valence-corrected chi connectivity index (χ1v) is 8.80. The van der Waals surface area contributed by atoms with Gasteiger partial charge in [-0.1, -0.05) is 15.9 Å². The molecule has 118 valence electrons. The summed E-state index contributed by atoms with van der Waals surface area (Å²) < 4.78 is 38.6. The maximum Gasteiger partial charge on any atom is 0.240 e. The van der Waals surface area contributed by atoms with Crippen LogP contribution in [0.1, 0.15) is 11.1 Å². The number of hydrogen-bond acceptors (Lipinski definition) is 5. The van der Waals surface area contributed by atoms with Gasteiger partial charge in [-0.15, -0.1) is 0 Å². The number of sulfonamides is 1. The lowest BCUT2D eigenvalue weighted by atomic mass is 10.2. The van der Waals surface area contributed by atoms with Crippen LogP contribution >= 0.6 is 15.9 Å². The fourth-order valence-corrected chi connectivity index (χ4v) is 4.03. The van der Waals surface area contributed by atoms with Crippen LogP contribution in [0.5, 0.6) is 0 Å². The van der Waals surface area contributed by atoms with Crippen molar-refractivity contribution >= 4 is 26.0 Å². The number of hydrogen-bond donors (Lipinski definition) is 2. The molecule has 21 heavy (non-hydrogen) atoms. The topological polar surface area (TPSA) is 84.9 Å². The van der Waals surface area contributed by atoms with Gasteiger partial charge in [-0.2, -0.15) is 0 Å². The molecule has 1 fully saturated rings. The van der Waals surface area contributed by atoms with Crippen molar-refractivity contribution < 1.29 is 23.0 Å². The van der Waals surface area contributed by atoms with Crippen LogP contribution in [0.3, 0.4) is 0 Å². The smallest absolute Gasteiger partial charge is 0.240 e. The lowest BCUT2D eigenvalue weighted by molar-refractivity contribution is -0.0846. The summed E-state index contributed by atoms with van der Waals surface area (Å²) in [5.74, 6) is 0. The van der Waals surface area contributed by atoms with Gasteiger partial charge >= 0.3 is 0 Å². The minimum Gasteiger partial charge on any atom is -0.392 e. The fraction of sp³-hybridized carbons (Fsp3) is 0.538. The van der Waals surface area contributed by atoms with Crippen LogP contribution in [0.15, 0.2) is 21.5 Å². The predicted octanol–water partition coefficient (Wildman–Crippen LogP) is 0.944. The molecule has 1 aliphatic heterocycles. The number of rotatable bonds is 5. The van der Waals surface area contributed by atoms with Crippen LogP contribution in [0, 0.1) is 6.92 Å². The number of aliphatic hydroxyl groups excluding tert-OH is 1. The van der Waals surface area contributed by atoms with Crippen molar-refractivity contribution in [3.63, 3.8) is 0 Å². The van der Waals surface area contributed by atoms with Crippen LogP contribution in [0.4, 0.5) is 0 Å². The molecule has 2 N–H and O–H groups in total. The molecule has 1 aromatic carbocycles. The highest BCUT2D eigenvalue weighted by Crippen LogP contribution is 2.25. The van der Waals surface area contributed by atoms with E-state index in [1.807, 2.05) is 0 Å². The number of nitrogens with one attached hydrogen (secondary N) is 1. The SMILES string of the molecule is Cc1c(Br)cc(CO)cc1S(=O)(=O)NCC1COCCO1. The summed E-state index contributed by atoms with van der Waals surface area (Å²) in [6.45, 7) is 3.02. The van der Waals surface area contributed by atoms with Crippen molar-refractivity contribution in [1.82, 2.24) is 4.72 Å². The van der Waals surface area contributed by atoms with E-state index in [0.717, 1.165) is 0 Å². The van der Waals surface area contributed by atoms with E-state index >= 15 is 0 Å². The molecule has 8 heteroatoms. The highest BCUT2D eigenvalue weighted by molar-refractivity contribution is 9.10. The van der Waals surface area contributed by atoms with Gasteiger partial charge in [0.05, 0.1) is 37.4 Å². The third-order valence-electron chi connectivity index (χ3n) is 3.21. The zero-order valence-electron chi connectivity index (χ0n) is 11.6. The highest BCUT2D eigenvalue weighted by Gasteiger charge is 2.22. The molecular formula is C13H18BrNO5S. The van der Waals surface area contributed by atoms with Crippen molar-refractivity contribution in [1.29, 1.82) is 0 Å². The van der Waals surface area contributed by atoms with Gasteiger partial charge in [-0.05, 0) is 30.2 Å². The highest BCUT2D eigenvalue weighted by atomic mass is 79.9. The molecule has 2 rings (SSSR count). The molecule has 0 radical (unpaired) electrons. The van der Waals surface area contributed by atoms with Crippen molar-refractivity contribution in [2.24, 2.45) is 0 Å². The van der Waals surface area contributed by atoms with Gasteiger partial charge in [0.15, 0.2) is 0 Å². The normalized spacial score (nSPS) is 19.7. The monoisotopic (exact) mass is 379 g/mol. The van der Waals surface area contributed by atoms with Crippen LogP contribution in [-0.4, -0.2) is 46.0 Å². The summed E-state index contributed by atoms with van der Waals surface area (Å²) in [4.78, 5) is 0.151. The van der Waals surface area contributed by atoms with Crippen LogP contribution in [-0.2, 0) is 26.1 Å². The van der Waals surface area contributed by atoms with Crippen LogP contribution in [0.2, 0.25) is 0 Å². The number of halogens is 1. The molecule has 1 aliphatic rings. The van der Waals surface area contributed by atoms with E-state index in [2.05, 4.69) is 20.7 Å². The molecule has 1 atom stereocenters. The first-order chi connectivity index (χ1) is 9.94. The molecule has 0 bridgehead atoms. The van der Waals surface area contributed by atoms with Gasteiger partial charge in [-0.3, -0.25) is 0 Å². The predicted molar refractivity (Wildman–Crippen MR) is 80.5 cm³/mol. The van der Waals surface area contributed by atoms with Gasteiger partial charge in [0.1, 0.15) is 0 Å². The minimum absolute atomic E-state index is 0.151. The Morgan fingerprint density at radius 1 is 1.43 bits per heavy atom. The largest absolute Gasteiger partial charge is 0.392 e. The van der Waals surface area contributed by atoms with Crippen LogP contribution < -0.4 is 4.72 Å². The average Bonchev–Trinajstić information content (AvgIpc) is 2.48. The summed E-state index contributed by atoms with van der Waals surface area (Å²) in [7, 11) is -3.67. The first-order valence-electron chi connectivity index (χ1n) is 6.53.